The number of carbonyl (C=O) groups is 1. The molecule has 2 atom stereocenters. The molecule has 5 nitrogen and oxygen atoms in total. The highest BCUT2D eigenvalue weighted by Gasteiger charge is 2.31. The summed E-state index contributed by atoms with van der Waals surface area (Å²) in [6.45, 7) is 2.76. The van der Waals surface area contributed by atoms with E-state index in [1.54, 1.807) is 11.0 Å². The minimum atomic E-state index is -0.243. The molecule has 110 valence electrons. The SMILES string of the molecule is COc1ccc(O)c(C(=O)N2CC(CCl)OCC2C)c1. The second kappa shape index (κ2) is 6.33. The first-order valence-corrected chi connectivity index (χ1v) is 6.95. The van der Waals surface area contributed by atoms with Gasteiger partial charge in [-0.25, -0.2) is 0 Å². The number of nitrogens with zero attached hydrogens (tertiary/aromatic N) is 1. The van der Waals surface area contributed by atoms with Gasteiger partial charge in [-0.1, -0.05) is 0 Å². The van der Waals surface area contributed by atoms with Crippen molar-refractivity contribution in [1.29, 1.82) is 0 Å². The molecule has 1 fully saturated rings. The Hall–Kier alpha value is -1.46. The number of hydrogen-bond acceptors (Lipinski definition) is 4. The van der Waals surface area contributed by atoms with Crippen LogP contribution in [-0.4, -0.2) is 54.2 Å². The van der Waals surface area contributed by atoms with Gasteiger partial charge in [0.2, 0.25) is 0 Å². The number of morpholine rings is 1. The van der Waals surface area contributed by atoms with Gasteiger partial charge in [0.1, 0.15) is 11.5 Å². The fourth-order valence-electron chi connectivity index (χ4n) is 2.16. The third-order valence-electron chi connectivity index (χ3n) is 3.37. The van der Waals surface area contributed by atoms with Gasteiger partial charge in [0.05, 0.1) is 37.3 Å². The lowest BCUT2D eigenvalue weighted by atomic mass is 10.1. The van der Waals surface area contributed by atoms with Gasteiger partial charge in [0, 0.05) is 6.54 Å². The van der Waals surface area contributed by atoms with Crippen molar-refractivity contribution in [3.05, 3.63) is 23.8 Å². The van der Waals surface area contributed by atoms with Crippen LogP contribution in [0.3, 0.4) is 0 Å². The molecule has 1 aliphatic heterocycles. The molecule has 0 aliphatic carbocycles. The van der Waals surface area contributed by atoms with Gasteiger partial charge in [0.25, 0.3) is 5.91 Å². The van der Waals surface area contributed by atoms with Crippen molar-refractivity contribution in [2.75, 3.05) is 26.1 Å². The van der Waals surface area contributed by atoms with Crippen molar-refractivity contribution < 1.29 is 19.4 Å². The Morgan fingerprint density at radius 3 is 3.00 bits per heavy atom. The van der Waals surface area contributed by atoms with E-state index in [0.29, 0.717) is 24.8 Å². The number of aromatic hydroxyl groups is 1. The molecule has 1 heterocycles. The van der Waals surface area contributed by atoms with E-state index >= 15 is 0 Å². The Labute approximate surface area is 123 Å². The van der Waals surface area contributed by atoms with Gasteiger partial charge in [-0.05, 0) is 25.1 Å². The van der Waals surface area contributed by atoms with Crippen molar-refractivity contribution in [2.45, 2.75) is 19.1 Å². The summed E-state index contributed by atoms with van der Waals surface area (Å²) in [6.07, 6.45) is -0.176. The fraction of sp³-hybridized carbons (Fsp3) is 0.500. The smallest absolute Gasteiger partial charge is 0.258 e. The molecule has 0 saturated carbocycles. The van der Waals surface area contributed by atoms with E-state index in [0.717, 1.165) is 0 Å². The van der Waals surface area contributed by atoms with Crippen LogP contribution in [0.5, 0.6) is 11.5 Å². The number of hydrogen-bond donors (Lipinski definition) is 1. The number of methoxy groups -OCH3 is 1. The van der Waals surface area contributed by atoms with Gasteiger partial charge in [-0.15, -0.1) is 11.6 Å². The molecule has 1 aliphatic rings. The number of rotatable bonds is 3. The summed E-state index contributed by atoms with van der Waals surface area (Å²) in [4.78, 5) is 14.2. The predicted molar refractivity (Wildman–Crippen MR) is 75.6 cm³/mol. The standard InChI is InChI=1S/C14H18ClNO4/c1-9-8-20-11(6-15)7-16(9)14(18)12-5-10(19-2)3-4-13(12)17/h3-5,9,11,17H,6-8H2,1-2H3. The average molecular weight is 300 g/mol. The Kier molecular flexibility index (Phi) is 4.73. The van der Waals surface area contributed by atoms with Crippen LogP contribution in [0.1, 0.15) is 17.3 Å². The van der Waals surface area contributed by atoms with Crippen LogP contribution < -0.4 is 4.74 Å². The van der Waals surface area contributed by atoms with Crippen LogP contribution in [0.2, 0.25) is 0 Å². The third-order valence-corrected chi connectivity index (χ3v) is 3.72. The summed E-state index contributed by atoms with van der Waals surface area (Å²) in [5, 5.41) is 9.88. The Bertz CT molecular complexity index is 494. The maximum atomic E-state index is 12.6. The normalized spacial score (nSPS) is 22.6. The van der Waals surface area contributed by atoms with Crippen molar-refractivity contribution in [1.82, 2.24) is 4.90 Å². The highest BCUT2D eigenvalue weighted by atomic mass is 35.5. The van der Waals surface area contributed by atoms with E-state index in [-0.39, 0.29) is 29.4 Å². The molecule has 0 bridgehead atoms. The van der Waals surface area contributed by atoms with Crippen molar-refractivity contribution >= 4 is 17.5 Å². The molecule has 0 radical (unpaired) electrons. The number of alkyl halides is 1. The van der Waals surface area contributed by atoms with Crippen molar-refractivity contribution in [2.24, 2.45) is 0 Å². The maximum Gasteiger partial charge on any atom is 0.258 e. The molecule has 0 aromatic heterocycles. The lowest BCUT2D eigenvalue weighted by Gasteiger charge is -2.37. The quantitative estimate of drug-likeness (QED) is 0.866. The second-order valence-corrected chi connectivity index (χ2v) is 5.11. The molecule has 6 heteroatoms. The minimum Gasteiger partial charge on any atom is -0.507 e. The number of phenols is 1. The molecule has 2 rings (SSSR count). The molecule has 1 N–H and O–H groups in total. The predicted octanol–water partition coefficient (Wildman–Crippen LogP) is 1.87. The Morgan fingerprint density at radius 1 is 1.60 bits per heavy atom. The first-order chi connectivity index (χ1) is 9.56. The van der Waals surface area contributed by atoms with E-state index in [2.05, 4.69) is 0 Å². The molecule has 1 aromatic rings. The number of amides is 1. The lowest BCUT2D eigenvalue weighted by Crippen LogP contribution is -2.51. The van der Waals surface area contributed by atoms with Gasteiger partial charge < -0.3 is 19.5 Å². The van der Waals surface area contributed by atoms with Crippen LogP contribution in [0.4, 0.5) is 0 Å². The van der Waals surface area contributed by atoms with E-state index in [4.69, 9.17) is 21.1 Å². The van der Waals surface area contributed by atoms with E-state index < -0.39 is 0 Å². The molecule has 2 unspecified atom stereocenters. The minimum absolute atomic E-state index is 0.0584. The lowest BCUT2D eigenvalue weighted by molar-refractivity contribution is -0.0372. The maximum absolute atomic E-state index is 12.6. The van der Waals surface area contributed by atoms with E-state index in [1.165, 1.54) is 19.2 Å². The van der Waals surface area contributed by atoms with Gasteiger partial charge in [-0.3, -0.25) is 4.79 Å². The summed E-state index contributed by atoms with van der Waals surface area (Å²) in [5.74, 6) is 0.561. The molecule has 0 spiro atoms. The van der Waals surface area contributed by atoms with Crippen molar-refractivity contribution in [3.8, 4) is 11.5 Å². The van der Waals surface area contributed by atoms with Crippen LogP contribution >= 0.6 is 11.6 Å². The first kappa shape index (κ1) is 14.9. The first-order valence-electron chi connectivity index (χ1n) is 6.42. The van der Waals surface area contributed by atoms with Gasteiger partial charge >= 0.3 is 0 Å². The molecular weight excluding hydrogens is 282 g/mol. The summed E-state index contributed by atoms with van der Waals surface area (Å²) < 4.78 is 10.6. The highest BCUT2D eigenvalue weighted by molar-refractivity contribution is 6.18. The zero-order valence-corrected chi connectivity index (χ0v) is 12.3. The number of ether oxygens (including phenoxy) is 2. The number of benzene rings is 1. The average Bonchev–Trinajstić information content (AvgIpc) is 2.47. The zero-order chi connectivity index (χ0) is 14.7. The molecular formula is C14H18ClNO4. The van der Waals surface area contributed by atoms with Crippen LogP contribution in [-0.2, 0) is 4.74 Å². The largest absolute Gasteiger partial charge is 0.507 e. The molecule has 1 saturated heterocycles. The number of phenolic OH excluding ortho intramolecular Hbond substituents is 1. The van der Waals surface area contributed by atoms with E-state index in [1.807, 2.05) is 6.92 Å². The van der Waals surface area contributed by atoms with E-state index in [9.17, 15) is 9.90 Å². The Morgan fingerprint density at radius 2 is 2.35 bits per heavy atom. The second-order valence-electron chi connectivity index (χ2n) is 4.80. The van der Waals surface area contributed by atoms with Crippen LogP contribution in [0, 0.1) is 0 Å². The summed E-state index contributed by atoms with van der Waals surface area (Å²) in [5.41, 5.74) is 0.228. The van der Waals surface area contributed by atoms with Crippen LogP contribution in [0.25, 0.3) is 0 Å². The summed E-state index contributed by atoms with van der Waals surface area (Å²) >= 11 is 5.79. The van der Waals surface area contributed by atoms with Crippen molar-refractivity contribution in [3.63, 3.8) is 0 Å². The molecule has 1 aromatic carbocycles. The topological polar surface area (TPSA) is 59.0 Å². The summed E-state index contributed by atoms with van der Waals surface area (Å²) in [7, 11) is 1.52. The summed E-state index contributed by atoms with van der Waals surface area (Å²) in [6, 6.07) is 4.54. The molecule has 20 heavy (non-hydrogen) atoms. The Balaban J connectivity index is 2.25. The van der Waals surface area contributed by atoms with Gasteiger partial charge in [0.15, 0.2) is 0 Å². The monoisotopic (exact) mass is 299 g/mol. The van der Waals surface area contributed by atoms with Gasteiger partial charge in [-0.2, -0.15) is 0 Å². The highest BCUT2D eigenvalue weighted by Crippen LogP contribution is 2.26. The van der Waals surface area contributed by atoms with Crippen LogP contribution in [0.15, 0.2) is 18.2 Å². The number of carbonyl (C=O) groups excluding carboxylic acids is 1. The zero-order valence-electron chi connectivity index (χ0n) is 11.5. The third kappa shape index (κ3) is 2.99. The molecule has 1 amide bonds. The number of halogens is 1. The fourth-order valence-corrected chi connectivity index (χ4v) is 2.35.